The van der Waals surface area contributed by atoms with Crippen molar-refractivity contribution < 1.29 is 4.39 Å². The van der Waals surface area contributed by atoms with Crippen LogP contribution in [0.15, 0.2) is 30.5 Å². The minimum absolute atomic E-state index is 0.169. The molecule has 0 aliphatic rings. The largest absolute Gasteiger partial charge is 0.339 e. The zero-order valence-corrected chi connectivity index (χ0v) is 10.8. The first-order valence-electron chi connectivity index (χ1n) is 4.36. The van der Waals surface area contributed by atoms with E-state index in [9.17, 15) is 4.39 Å². The summed E-state index contributed by atoms with van der Waals surface area (Å²) in [6.45, 7) is 0. The van der Waals surface area contributed by atoms with E-state index in [1.807, 2.05) is 22.6 Å². The summed E-state index contributed by atoms with van der Waals surface area (Å²) in [5, 5.41) is 3.20. The molecule has 0 unspecified atom stereocenters. The summed E-state index contributed by atoms with van der Waals surface area (Å²) in [6, 6.07) is 6.15. The zero-order valence-electron chi connectivity index (χ0n) is 7.92. The lowest BCUT2D eigenvalue weighted by atomic mass is 10.3. The van der Waals surface area contributed by atoms with Crippen LogP contribution in [0.25, 0.3) is 0 Å². The van der Waals surface area contributed by atoms with Crippen molar-refractivity contribution in [2.24, 2.45) is 0 Å². The average molecular weight is 350 g/mol. The highest BCUT2D eigenvalue weighted by Crippen LogP contribution is 2.22. The van der Waals surface area contributed by atoms with Crippen molar-refractivity contribution in [3.8, 4) is 0 Å². The van der Waals surface area contributed by atoms with Crippen LogP contribution in [0.1, 0.15) is 0 Å². The first-order valence-corrected chi connectivity index (χ1v) is 5.81. The second kappa shape index (κ2) is 4.92. The van der Waals surface area contributed by atoms with Gasteiger partial charge < -0.3 is 5.32 Å². The van der Waals surface area contributed by atoms with Crippen LogP contribution in [-0.4, -0.2) is 9.97 Å². The van der Waals surface area contributed by atoms with Crippen LogP contribution in [0.3, 0.4) is 0 Å². The Morgan fingerprint density at radius 2 is 2.12 bits per heavy atom. The Balaban J connectivity index is 2.27. The third kappa shape index (κ3) is 2.79. The number of aromatic nitrogens is 2. The molecule has 1 heterocycles. The molecule has 1 aromatic heterocycles. The van der Waals surface area contributed by atoms with Crippen LogP contribution in [-0.2, 0) is 0 Å². The number of nitrogens with zero attached hydrogens (tertiary/aromatic N) is 2. The molecule has 0 aliphatic carbocycles. The van der Waals surface area contributed by atoms with Gasteiger partial charge in [0, 0.05) is 9.77 Å². The summed E-state index contributed by atoms with van der Waals surface area (Å²) in [6.07, 6.45) is 1.55. The Hall–Kier alpha value is -0.950. The first kappa shape index (κ1) is 11.5. The number of rotatable bonds is 2. The van der Waals surface area contributed by atoms with Crippen LogP contribution in [0, 0.1) is 9.39 Å². The number of benzene rings is 1. The maximum Gasteiger partial charge on any atom is 0.224 e. The van der Waals surface area contributed by atoms with E-state index < -0.39 is 0 Å². The van der Waals surface area contributed by atoms with Gasteiger partial charge in [-0.25, -0.2) is 14.4 Å². The molecule has 0 aliphatic heterocycles. The second-order valence-corrected chi connectivity index (χ2v) is 4.46. The fourth-order valence-corrected chi connectivity index (χ4v) is 1.89. The van der Waals surface area contributed by atoms with Crippen LogP contribution >= 0.6 is 34.2 Å². The van der Waals surface area contributed by atoms with E-state index >= 15 is 0 Å². The van der Waals surface area contributed by atoms with E-state index in [4.69, 9.17) is 11.6 Å². The number of nitrogens with one attached hydrogen (secondary N) is 1. The number of hydrogen-bond acceptors (Lipinski definition) is 3. The lowest BCUT2D eigenvalue weighted by molar-refractivity contribution is 0.627. The van der Waals surface area contributed by atoms with E-state index in [2.05, 4.69) is 15.3 Å². The Morgan fingerprint density at radius 3 is 2.81 bits per heavy atom. The van der Waals surface area contributed by atoms with Gasteiger partial charge in [-0.05, 0) is 58.5 Å². The van der Waals surface area contributed by atoms with Gasteiger partial charge in [-0.15, -0.1) is 0 Å². The molecule has 0 spiro atoms. The molecule has 82 valence electrons. The molecule has 0 atom stereocenters. The number of hydrogen-bond donors (Lipinski definition) is 1. The van der Waals surface area contributed by atoms with Gasteiger partial charge in [0.05, 0.1) is 5.69 Å². The minimum atomic E-state index is -0.268. The van der Waals surface area contributed by atoms with E-state index in [1.165, 1.54) is 12.1 Å². The normalized spacial score (nSPS) is 10.2. The fourth-order valence-electron chi connectivity index (χ4n) is 1.13. The lowest BCUT2D eigenvalue weighted by Crippen LogP contribution is -1.96. The highest BCUT2D eigenvalue weighted by Gasteiger charge is 2.03. The van der Waals surface area contributed by atoms with Gasteiger partial charge in [0.15, 0.2) is 0 Å². The number of halogens is 3. The van der Waals surface area contributed by atoms with Crippen molar-refractivity contribution >= 4 is 45.7 Å². The summed E-state index contributed by atoms with van der Waals surface area (Å²) in [5.74, 6) is 0.306. The zero-order chi connectivity index (χ0) is 11.5. The van der Waals surface area contributed by atoms with Crippen LogP contribution in [0.4, 0.5) is 15.9 Å². The van der Waals surface area contributed by atoms with Gasteiger partial charge in [-0.2, -0.15) is 0 Å². The Kier molecular flexibility index (Phi) is 3.55. The lowest BCUT2D eigenvalue weighted by Gasteiger charge is -2.07. The van der Waals surface area contributed by atoms with E-state index in [-0.39, 0.29) is 11.1 Å². The molecule has 0 bridgehead atoms. The first-order chi connectivity index (χ1) is 7.65. The smallest absolute Gasteiger partial charge is 0.224 e. The maximum absolute atomic E-state index is 12.9. The molecule has 0 fully saturated rings. The Labute approximate surface area is 110 Å². The maximum atomic E-state index is 12.9. The average Bonchev–Trinajstić information content (AvgIpc) is 2.22. The molecule has 1 N–H and O–H groups in total. The predicted octanol–water partition coefficient (Wildman–Crippen LogP) is 3.62. The van der Waals surface area contributed by atoms with Crippen molar-refractivity contribution in [2.75, 3.05) is 5.32 Å². The highest BCUT2D eigenvalue weighted by molar-refractivity contribution is 14.1. The molecule has 0 radical (unpaired) electrons. The topological polar surface area (TPSA) is 37.8 Å². The molecule has 3 nitrogen and oxygen atoms in total. The SMILES string of the molecule is Fc1ccc(Nc2ccnc(Cl)n2)c(I)c1. The van der Waals surface area contributed by atoms with Gasteiger partial charge in [0.2, 0.25) is 5.28 Å². The molecule has 0 saturated heterocycles. The molecule has 16 heavy (non-hydrogen) atoms. The van der Waals surface area contributed by atoms with E-state index in [0.717, 1.165) is 9.26 Å². The monoisotopic (exact) mass is 349 g/mol. The molecule has 2 aromatic rings. The van der Waals surface area contributed by atoms with Gasteiger partial charge in [-0.3, -0.25) is 0 Å². The molecule has 6 heteroatoms. The third-order valence-electron chi connectivity index (χ3n) is 1.82. The Bertz CT molecular complexity index is 521. The predicted molar refractivity (Wildman–Crippen MR) is 69.4 cm³/mol. The quantitative estimate of drug-likeness (QED) is 0.665. The molecular formula is C10H6ClFIN3. The molecule has 1 aromatic carbocycles. The Morgan fingerprint density at radius 1 is 1.31 bits per heavy atom. The third-order valence-corrected chi connectivity index (χ3v) is 2.89. The second-order valence-electron chi connectivity index (χ2n) is 2.96. The molecular weight excluding hydrogens is 343 g/mol. The van der Waals surface area contributed by atoms with Crippen LogP contribution in [0.5, 0.6) is 0 Å². The summed E-state index contributed by atoms with van der Waals surface area (Å²) < 4.78 is 13.6. The molecule has 0 amide bonds. The van der Waals surface area contributed by atoms with E-state index in [1.54, 1.807) is 18.3 Å². The molecule has 0 saturated carbocycles. The van der Waals surface area contributed by atoms with Gasteiger partial charge in [0.1, 0.15) is 11.6 Å². The van der Waals surface area contributed by atoms with Crippen molar-refractivity contribution in [1.82, 2.24) is 9.97 Å². The van der Waals surface area contributed by atoms with Gasteiger partial charge in [0.25, 0.3) is 0 Å². The van der Waals surface area contributed by atoms with Gasteiger partial charge in [-0.1, -0.05) is 0 Å². The van der Waals surface area contributed by atoms with E-state index in [0.29, 0.717) is 5.82 Å². The van der Waals surface area contributed by atoms with Crippen molar-refractivity contribution in [3.05, 3.63) is 45.1 Å². The van der Waals surface area contributed by atoms with Crippen LogP contribution in [0.2, 0.25) is 5.28 Å². The minimum Gasteiger partial charge on any atom is -0.339 e. The highest BCUT2D eigenvalue weighted by atomic mass is 127. The van der Waals surface area contributed by atoms with Gasteiger partial charge >= 0.3 is 0 Å². The van der Waals surface area contributed by atoms with Crippen LogP contribution < -0.4 is 5.32 Å². The fraction of sp³-hybridized carbons (Fsp3) is 0. The summed E-state index contributed by atoms with van der Waals surface area (Å²) in [4.78, 5) is 7.75. The molecule has 2 rings (SSSR count). The summed E-state index contributed by atoms with van der Waals surface area (Å²) in [7, 11) is 0. The summed E-state index contributed by atoms with van der Waals surface area (Å²) >= 11 is 7.69. The summed E-state index contributed by atoms with van der Waals surface area (Å²) in [5.41, 5.74) is 0.775. The standard InChI is InChI=1S/C10H6ClFIN3/c11-10-14-4-3-9(16-10)15-8-2-1-6(12)5-7(8)13/h1-5H,(H,14,15,16). The van der Waals surface area contributed by atoms with Crippen molar-refractivity contribution in [3.63, 3.8) is 0 Å². The van der Waals surface area contributed by atoms with Crippen molar-refractivity contribution in [1.29, 1.82) is 0 Å². The van der Waals surface area contributed by atoms with Crippen molar-refractivity contribution in [2.45, 2.75) is 0 Å². The number of anilines is 2.